The number of thiophene rings is 1. The topological polar surface area (TPSA) is 30.0 Å². The van der Waals surface area contributed by atoms with E-state index in [0.29, 0.717) is 4.88 Å². The van der Waals surface area contributed by atoms with Crippen molar-refractivity contribution in [3.05, 3.63) is 27.7 Å². The average Bonchev–Trinajstić information content (AvgIpc) is 2.67. The van der Waals surface area contributed by atoms with Gasteiger partial charge in [0.1, 0.15) is 4.83 Å². The van der Waals surface area contributed by atoms with Crippen LogP contribution in [0.3, 0.4) is 0 Å². The van der Waals surface area contributed by atoms with Gasteiger partial charge in [0.25, 0.3) is 0 Å². The summed E-state index contributed by atoms with van der Waals surface area (Å²) in [6, 6.07) is 3.60. The SMILES string of the molecule is O=C(c1cc2cc(Br)cnc2s1)C1CC(F)(F)C1. The number of hydrogen-bond donors (Lipinski definition) is 0. The lowest BCUT2D eigenvalue weighted by atomic mass is 9.78. The number of Topliss-reactive ketones (excluding diaryl/α,β-unsaturated/α-hetero) is 1. The van der Waals surface area contributed by atoms with Gasteiger partial charge in [-0.3, -0.25) is 4.79 Å². The lowest BCUT2D eigenvalue weighted by Gasteiger charge is -2.33. The minimum atomic E-state index is -2.65. The first-order chi connectivity index (χ1) is 8.44. The Bertz CT molecular complexity index is 632. The molecule has 1 saturated carbocycles. The van der Waals surface area contributed by atoms with E-state index in [4.69, 9.17) is 0 Å². The molecule has 1 fully saturated rings. The van der Waals surface area contributed by atoms with Crippen molar-refractivity contribution >= 4 is 43.3 Å². The van der Waals surface area contributed by atoms with E-state index in [0.717, 1.165) is 14.7 Å². The minimum absolute atomic E-state index is 0.181. The molecule has 6 heteroatoms. The van der Waals surface area contributed by atoms with Crippen LogP contribution in [0.5, 0.6) is 0 Å². The molecule has 3 rings (SSSR count). The van der Waals surface area contributed by atoms with Gasteiger partial charge in [-0.05, 0) is 28.1 Å². The fourth-order valence-corrected chi connectivity index (χ4v) is 3.43. The molecule has 0 unspecified atom stereocenters. The van der Waals surface area contributed by atoms with E-state index >= 15 is 0 Å². The van der Waals surface area contributed by atoms with Gasteiger partial charge in [0.05, 0.1) is 4.88 Å². The van der Waals surface area contributed by atoms with Gasteiger partial charge in [0.15, 0.2) is 5.78 Å². The fourth-order valence-electron chi connectivity index (χ4n) is 2.08. The number of aromatic nitrogens is 1. The lowest BCUT2D eigenvalue weighted by molar-refractivity contribution is -0.0981. The predicted molar refractivity (Wildman–Crippen MR) is 69.3 cm³/mol. The number of fused-ring (bicyclic) bond motifs is 1. The van der Waals surface area contributed by atoms with E-state index in [1.807, 2.05) is 6.07 Å². The molecule has 0 saturated heterocycles. The first-order valence-corrected chi connectivity index (χ1v) is 7.03. The summed E-state index contributed by atoms with van der Waals surface area (Å²) in [6.07, 6.45) is 1.01. The van der Waals surface area contributed by atoms with Crippen molar-refractivity contribution < 1.29 is 13.6 Å². The Morgan fingerprint density at radius 3 is 2.83 bits per heavy atom. The summed E-state index contributed by atoms with van der Waals surface area (Å²) in [5.74, 6) is -3.37. The van der Waals surface area contributed by atoms with Crippen LogP contribution in [0.25, 0.3) is 10.2 Å². The largest absolute Gasteiger partial charge is 0.293 e. The average molecular weight is 332 g/mol. The number of ketones is 1. The number of pyridine rings is 1. The summed E-state index contributed by atoms with van der Waals surface area (Å²) in [6.45, 7) is 0. The molecule has 18 heavy (non-hydrogen) atoms. The molecule has 0 radical (unpaired) electrons. The van der Waals surface area contributed by atoms with Crippen LogP contribution < -0.4 is 0 Å². The normalized spacial score (nSPS) is 18.8. The molecule has 0 atom stereocenters. The van der Waals surface area contributed by atoms with Gasteiger partial charge in [0, 0.05) is 34.8 Å². The van der Waals surface area contributed by atoms with Crippen molar-refractivity contribution in [2.75, 3.05) is 0 Å². The highest BCUT2D eigenvalue weighted by Crippen LogP contribution is 2.44. The molecule has 0 amide bonds. The van der Waals surface area contributed by atoms with E-state index in [2.05, 4.69) is 20.9 Å². The molecular weight excluding hydrogens is 324 g/mol. The third kappa shape index (κ3) is 2.07. The summed E-state index contributed by atoms with van der Waals surface area (Å²) in [5, 5.41) is 0.865. The molecule has 2 aromatic rings. The summed E-state index contributed by atoms with van der Waals surface area (Å²) < 4.78 is 26.3. The maximum absolute atomic E-state index is 12.8. The molecule has 0 spiro atoms. The zero-order valence-electron chi connectivity index (χ0n) is 9.12. The maximum Gasteiger partial charge on any atom is 0.249 e. The van der Waals surface area contributed by atoms with Crippen molar-refractivity contribution in [3.63, 3.8) is 0 Å². The predicted octanol–water partition coefficient (Wildman–Crippen LogP) is 4.29. The number of carbonyl (C=O) groups is 1. The second-order valence-electron chi connectivity index (χ2n) is 4.48. The van der Waals surface area contributed by atoms with E-state index in [9.17, 15) is 13.6 Å². The number of halogens is 3. The first-order valence-electron chi connectivity index (χ1n) is 5.42. The summed E-state index contributed by atoms with van der Waals surface area (Å²) >= 11 is 4.57. The third-order valence-electron chi connectivity index (χ3n) is 3.04. The van der Waals surface area contributed by atoms with E-state index in [-0.39, 0.29) is 18.6 Å². The maximum atomic E-state index is 12.8. The number of hydrogen-bond acceptors (Lipinski definition) is 3. The highest BCUT2D eigenvalue weighted by atomic mass is 79.9. The van der Waals surface area contributed by atoms with Gasteiger partial charge >= 0.3 is 0 Å². The van der Waals surface area contributed by atoms with E-state index in [1.54, 1.807) is 12.3 Å². The van der Waals surface area contributed by atoms with Crippen molar-refractivity contribution in [3.8, 4) is 0 Å². The summed E-state index contributed by atoms with van der Waals surface area (Å²) in [7, 11) is 0. The number of carbonyl (C=O) groups excluding carboxylic acids is 1. The second-order valence-corrected chi connectivity index (χ2v) is 6.43. The minimum Gasteiger partial charge on any atom is -0.293 e. The Morgan fingerprint density at radius 1 is 1.44 bits per heavy atom. The van der Waals surface area contributed by atoms with Gasteiger partial charge in [-0.25, -0.2) is 13.8 Å². The van der Waals surface area contributed by atoms with Crippen molar-refractivity contribution in [2.45, 2.75) is 18.8 Å². The molecule has 0 bridgehead atoms. The van der Waals surface area contributed by atoms with Gasteiger partial charge in [-0.15, -0.1) is 11.3 Å². The number of alkyl halides is 2. The van der Waals surface area contributed by atoms with Crippen LogP contribution in [-0.4, -0.2) is 16.7 Å². The molecule has 2 nitrogen and oxygen atoms in total. The Hall–Kier alpha value is -0.880. The molecule has 0 aromatic carbocycles. The highest BCUT2D eigenvalue weighted by Gasteiger charge is 2.48. The number of nitrogens with zero attached hydrogens (tertiary/aromatic N) is 1. The van der Waals surface area contributed by atoms with E-state index < -0.39 is 11.8 Å². The Kier molecular flexibility index (Phi) is 2.75. The first kappa shape index (κ1) is 12.2. The molecule has 0 aliphatic heterocycles. The molecular formula is C12H8BrF2NOS. The molecule has 0 N–H and O–H groups in total. The molecule has 2 heterocycles. The molecule has 1 aliphatic rings. The lowest BCUT2D eigenvalue weighted by Crippen LogP contribution is -2.39. The second kappa shape index (κ2) is 4.06. The Balaban J connectivity index is 1.88. The Morgan fingerprint density at radius 2 is 2.17 bits per heavy atom. The zero-order chi connectivity index (χ0) is 12.9. The van der Waals surface area contributed by atoms with Crippen LogP contribution in [0.15, 0.2) is 22.8 Å². The van der Waals surface area contributed by atoms with Gasteiger partial charge in [0.2, 0.25) is 5.92 Å². The summed E-state index contributed by atoms with van der Waals surface area (Å²) in [4.78, 5) is 17.5. The van der Waals surface area contributed by atoms with Crippen LogP contribution in [0, 0.1) is 5.92 Å². The van der Waals surface area contributed by atoms with Crippen LogP contribution >= 0.6 is 27.3 Å². The monoisotopic (exact) mass is 331 g/mol. The van der Waals surface area contributed by atoms with E-state index in [1.165, 1.54) is 11.3 Å². The fraction of sp³-hybridized carbons (Fsp3) is 0.333. The van der Waals surface area contributed by atoms with Crippen LogP contribution in [-0.2, 0) is 0 Å². The molecule has 2 aromatic heterocycles. The smallest absolute Gasteiger partial charge is 0.249 e. The van der Waals surface area contributed by atoms with Crippen molar-refractivity contribution in [2.24, 2.45) is 5.92 Å². The quantitative estimate of drug-likeness (QED) is 0.768. The molecule has 1 aliphatic carbocycles. The zero-order valence-corrected chi connectivity index (χ0v) is 11.5. The third-order valence-corrected chi connectivity index (χ3v) is 4.55. The van der Waals surface area contributed by atoms with Crippen molar-refractivity contribution in [1.29, 1.82) is 0 Å². The number of rotatable bonds is 2. The van der Waals surface area contributed by atoms with Crippen molar-refractivity contribution in [1.82, 2.24) is 4.98 Å². The van der Waals surface area contributed by atoms with Crippen LogP contribution in [0.4, 0.5) is 8.78 Å². The van der Waals surface area contributed by atoms with Gasteiger partial charge < -0.3 is 0 Å². The van der Waals surface area contributed by atoms with Gasteiger partial charge in [-0.1, -0.05) is 0 Å². The standard InChI is InChI=1S/C12H8BrF2NOS/c13-8-1-6-2-9(18-11(6)16-5-8)10(17)7-3-12(14,15)4-7/h1-2,5,7H,3-4H2. The van der Waals surface area contributed by atoms with Crippen LogP contribution in [0.1, 0.15) is 22.5 Å². The van der Waals surface area contributed by atoms with Gasteiger partial charge in [-0.2, -0.15) is 0 Å². The highest BCUT2D eigenvalue weighted by molar-refractivity contribution is 9.10. The Labute approximate surface area is 114 Å². The summed E-state index contributed by atoms with van der Waals surface area (Å²) in [5.41, 5.74) is 0. The molecule has 94 valence electrons. The van der Waals surface area contributed by atoms with Crippen LogP contribution in [0.2, 0.25) is 0 Å².